The van der Waals surface area contributed by atoms with Gasteiger partial charge in [0.25, 0.3) is 0 Å². The molecule has 1 aliphatic heterocycles. The first-order valence-electron chi connectivity index (χ1n) is 11.8. The number of urea groups is 1. The van der Waals surface area contributed by atoms with E-state index in [1.165, 1.54) is 24.6 Å². The molecule has 2 amide bonds. The molecule has 6 heteroatoms. The Labute approximate surface area is 207 Å². The van der Waals surface area contributed by atoms with Crippen LogP contribution in [0.1, 0.15) is 35.7 Å². The Bertz CT molecular complexity index is 1110. The number of ketones is 1. The predicted octanol–water partition coefficient (Wildman–Crippen LogP) is 5.87. The summed E-state index contributed by atoms with van der Waals surface area (Å²) in [6.45, 7) is 8.61. The van der Waals surface area contributed by atoms with Gasteiger partial charge in [-0.2, -0.15) is 0 Å². The summed E-state index contributed by atoms with van der Waals surface area (Å²) in [6.07, 6.45) is 11.7. The van der Waals surface area contributed by atoms with Crippen molar-refractivity contribution in [3.63, 3.8) is 0 Å². The van der Waals surface area contributed by atoms with Crippen molar-refractivity contribution in [3.05, 3.63) is 108 Å². The highest BCUT2D eigenvalue weighted by Gasteiger charge is 2.11. The number of benzene rings is 2. The number of methoxy groups -OCH3 is 1. The molecule has 1 saturated heterocycles. The molecule has 2 N–H and O–H groups in total. The summed E-state index contributed by atoms with van der Waals surface area (Å²) < 4.78 is 5.13. The van der Waals surface area contributed by atoms with Crippen LogP contribution in [0.4, 0.5) is 10.5 Å². The molecule has 3 rings (SSSR count). The lowest BCUT2D eigenvalue weighted by Crippen LogP contribution is -2.28. The molecule has 6 nitrogen and oxygen atoms in total. The maximum absolute atomic E-state index is 12.5. The van der Waals surface area contributed by atoms with Gasteiger partial charge < -0.3 is 20.3 Å². The van der Waals surface area contributed by atoms with E-state index in [2.05, 4.69) is 28.2 Å². The van der Waals surface area contributed by atoms with Gasteiger partial charge in [-0.1, -0.05) is 36.9 Å². The molecule has 35 heavy (non-hydrogen) atoms. The van der Waals surface area contributed by atoms with E-state index in [0.29, 0.717) is 17.8 Å². The first-order chi connectivity index (χ1) is 17.0. The van der Waals surface area contributed by atoms with Crippen molar-refractivity contribution in [3.8, 4) is 5.75 Å². The van der Waals surface area contributed by atoms with E-state index >= 15 is 0 Å². The minimum absolute atomic E-state index is 0.124. The molecule has 182 valence electrons. The molecule has 1 aliphatic rings. The monoisotopic (exact) mass is 471 g/mol. The van der Waals surface area contributed by atoms with Crippen molar-refractivity contribution < 1.29 is 14.3 Å². The number of ether oxygens (including phenoxy) is 1. The lowest BCUT2D eigenvalue weighted by Gasteiger charge is -2.18. The van der Waals surface area contributed by atoms with Gasteiger partial charge in [-0.15, -0.1) is 0 Å². The number of allylic oxidation sites excluding steroid dienone is 6. The Morgan fingerprint density at radius 2 is 1.63 bits per heavy atom. The standard InChI is InChI=1S/C29H33N3O3/c1-4-26(32-19-5-6-20-32)15-7-22(2)8-18-28(33)24-11-13-25(14-12-24)31-29(34)30-21-23-9-16-27(35-3)17-10-23/h4,7-18H,2,5-6,19-21H2,1,3H3,(H2,30,31,34)/b15-7-,18-8+,26-4+. The van der Waals surface area contributed by atoms with Crippen LogP contribution in [-0.4, -0.2) is 36.9 Å². The molecule has 1 fully saturated rings. The smallest absolute Gasteiger partial charge is 0.319 e. The molecule has 2 aromatic carbocycles. The van der Waals surface area contributed by atoms with Gasteiger partial charge in [0.1, 0.15) is 5.75 Å². The number of nitrogens with zero attached hydrogens (tertiary/aromatic N) is 1. The summed E-state index contributed by atoms with van der Waals surface area (Å²) in [7, 11) is 1.61. The second kappa shape index (κ2) is 13.0. The number of carbonyl (C=O) groups excluding carboxylic acids is 2. The Hall–Kier alpha value is -4.06. The predicted molar refractivity (Wildman–Crippen MR) is 142 cm³/mol. The lowest BCUT2D eigenvalue weighted by molar-refractivity contribution is 0.104. The van der Waals surface area contributed by atoms with Crippen LogP contribution in [0.25, 0.3) is 0 Å². The molecule has 0 atom stereocenters. The van der Waals surface area contributed by atoms with E-state index in [1.54, 1.807) is 37.5 Å². The summed E-state index contributed by atoms with van der Waals surface area (Å²) in [5.74, 6) is 0.643. The van der Waals surface area contributed by atoms with Gasteiger partial charge in [-0.3, -0.25) is 4.79 Å². The summed E-state index contributed by atoms with van der Waals surface area (Å²) in [4.78, 5) is 27.0. The zero-order chi connectivity index (χ0) is 25.0. The molecular formula is C29H33N3O3. The van der Waals surface area contributed by atoms with Crippen LogP contribution >= 0.6 is 0 Å². The third kappa shape index (κ3) is 8.03. The number of hydrogen-bond donors (Lipinski definition) is 2. The third-order valence-corrected chi connectivity index (χ3v) is 5.72. The summed E-state index contributed by atoms with van der Waals surface area (Å²) in [5.41, 5.74) is 4.03. The van der Waals surface area contributed by atoms with Crippen LogP contribution in [0.15, 0.2) is 96.8 Å². The SMILES string of the molecule is C=C(/C=C\C(=C/C)N1CCCC1)/C=C/C(=O)c1ccc(NC(=O)NCc2ccc(OC)cc2)cc1. The fraction of sp³-hybridized carbons (Fsp3) is 0.241. The molecular weight excluding hydrogens is 438 g/mol. The quantitative estimate of drug-likeness (QED) is 0.258. The van der Waals surface area contributed by atoms with Crippen molar-refractivity contribution in [2.24, 2.45) is 0 Å². The zero-order valence-electron chi connectivity index (χ0n) is 20.4. The van der Waals surface area contributed by atoms with Gasteiger partial charge in [0, 0.05) is 36.6 Å². The van der Waals surface area contributed by atoms with Gasteiger partial charge in [0.2, 0.25) is 0 Å². The number of rotatable bonds is 10. The maximum atomic E-state index is 12.5. The van der Waals surface area contributed by atoms with Crippen LogP contribution in [0.2, 0.25) is 0 Å². The van der Waals surface area contributed by atoms with Crippen LogP contribution in [-0.2, 0) is 6.54 Å². The number of likely N-dealkylation sites (tertiary alicyclic amines) is 1. The van der Waals surface area contributed by atoms with Gasteiger partial charge in [0.15, 0.2) is 5.78 Å². The normalized spacial score (nSPS) is 13.9. The maximum Gasteiger partial charge on any atom is 0.319 e. The van der Waals surface area contributed by atoms with Gasteiger partial charge in [-0.05, 0) is 79.5 Å². The Morgan fingerprint density at radius 1 is 0.971 bits per heavy atom. The molecule has 1 heterocycles. The van der Waals surface area contributed by atoms with E-state index in [4.69, 9.17) is 4.74 Å². The van der Waals surface area contributed by atoms with Crippen molar-refractivity contribution in [1.29, 1.82) is 0 Å². The second-order valence-corrected chi connectivity index (χ2v) is 8.25. The highest BCUT2D eigenvalue weighted by molar-refractivity contribution is 6.05. The van der Waals surface area contributed by atoms with Crippen LogP contribution in [0, 0.1) is 0 Å². The van der Waals surface area contributed by atoms with Crippen LogP contribution in [0.5, 0.6) is 5.75 Å². The number of nitrogens with one attached hydrogen (secondary N) is 2. The average Bonchev–Trinajstić information content (AvgIpc) is 3.42. The fourth-order valence-corrected chi connectivity index (χ4v) is 3.71. The Kier molecular flexibility index (Phi) is 9.49. The molecule has 0 radical (unpaired) electrons. The minimum atomic E-state index is -0.322. The molecule has 0 unspecified atom stereocenters. The summed E-state index contributed by atoms with van der Waals surface area (Å²) in [5, 5.41) is 5.58. The highest BCUT2D eigenvalue weighted by Crippen LogP contribution is 2.17. The Morgan fingerprint density at radius 3 is 2.26 bits per heavy atom. The van der Waals surface area contributed by atoms with Gasteiger partial charge in [0.05, 0.1) is 7.11 Å². The Balaban J connectivity index is 1.46. The highest BCUT2D eigenvalue weighted by atomic mass is 16.5. The molecule has 0 bridgehead atoms. The molecule has 2 aromatic rings. The summed E-state index contributed by atoms with van der Waals surface area (Å²) in [6, 6.07) is 13.9. The lowest BCUT2D eigenvalue weighted by atomic mass is 10.1. The van der Waals surface area contributed by atoms with Crippen molar-refractivity contribution in [2.45, 2.75) is 26.3 Å². The summed E-state index contributed by atoms with van der Waals surface area (Å²) >= 11 is 0. The van der Waals surface area contributed by atoms with E-state index in [1.807, 2.05) is 43.3 Å². The molecule has 0 aliphatic carbocycles. The molecule has 0 aromatic heterocycles. The average molecular weight is 472 g/mol. The van der Waals surface area contributed by atoms with Crippen molar-refractivity contribution >= 4 is 17.5 Å². The van der Waals surface area contributed by atoms with E-state index in [-0.39, 0.29) is 11.8 Å². The van der Waals surface area contributed by atoms with Crippen molar-refractivity contribution in [2.75, 3.05) is 25.5 Å². The molecule has 0 spiro atoms. The second-order valence-electron chi connectivity index (χ2n) is 8.25. The number of amides is 2. The fourth-order valence-electron chi connectivity index (χ4n) is 3.71. The number of anilines is 1. The van der Waals surface area contributed by atoms with Gasteiger partial charge >= 0.3 is 6.03 Å². The van der Waals surface area contributed by atoms with E-state index in [0.717, 1.165) is 30.0 Å². The number of hydrogen-bond acceptors (Lipinski definition) is 4. The first kappa shape index (κ1) is 25.6. The first-order valence-corrected chi connectivity index (χ1v) is 11.8. The molecule has 0 saturated carbocycles. The van der Waals surface area contributed by atoms with Crippen LogP contribution in [0.3, 0.4) is 0 Å². The number of carbonyl (C=O) groups is 2. The van der Waals surface area contributed by atoms with Gasteiger partial charge in [-0.25, -0.2) is 4.79 Å². The van der Waals surface area contributed by atoms with E-state index < -0.39 is 0 Å². The van der Waals surface area contributed by atoms with Crippen molar-refractivity contribution in [1.82, 2.24) is 10.2 Å². The zero-order valence-corrected chi connectivity index (χ0v) is 20.4. The topological polar surface area (TPSA) is 70.7 Å². The largest absolute Gasteiger partial charge is 0.497 e. The third-order valence-electron chi connectivity index (χ3n) is 5.72. The van der Waals surface area contributed by atoms with Crippen LogP contribution < -0.4 is 15.4 Å². The van der Waals surface area contributed by atoms with E-state index in [9.17, 15) is 9.59 Å². The minimum Gasteiger partial charge on any atom is -0.497 e.